The van der Waals surface area contributed by atoms with Gasteiger partial charge in [0, 0.05) is 23.9 Å². The third-order valence-electron chi connectivity index (χ3n) is 2.95. The molecular formula is C13H12BrN3S. The van der Waals surface area contributed by atoms with Crippen LogP contribution in [-0.2, 0) is 7.05 Å². The van der Waals surface area contributed by atoms with Gasteiger partial charge in [0.05, 0.1) is 16.0 Å². The third-order valence-corrected chi connectivity index (χ3v) is 4.71. The summed E-state index contributed by atoms with van der Waals surface area (Å²) < 4.78 is 3.22. The van der Waals surface area contributed by atoms with Gasteiger partial charge in [-0.2, -0.15) is 0 Å². The minimum absolute atomic E-state index is 0.950. The summed E-state index contributed by atoms with van der Waals surface area (Å²) >= 11 is 5.18. The van der Waals surface area contributed by atoms with E-state index in [0.717, 1.165) is 21.5 Å². The molecular weight excluding hydrogens is 310 g/mol. The summed E-state index contributed by atoms with van der Waals surface area (Å²) in [5.74, 6) is 0.950. The number of thiophene rings is 1. The van der Waals surface area contributed by atoms with Crippen molar-refractivity contribution in [3.63, 3.8) is 0 Å². The summed E-state index contributed by atoms with van der Waals surface area (Å²) in [5, 5.41) is 3.24. The van der Waals surface area contributed by atoms with E-state index in [4.69, 9.17) is 0 Å². The number of nitrogens with zero attached hydrogens (tertiary/aromatic N) is 3. The van der Waals surface area contributed by atoms with Gasteiger partial charge in [0.15, 0.2) is 0 Å². The quantitative estimate of drug-likeness (QED) is 0.706. The molecule has 0 amide bonds. The molecule has 3 rings (SSSR count). The Morgan fingerprint density at radius 1 is 1.33 bits per heavy atom. The molecule has 0 fully saturated rings. The Morgan fingerprint density at radius 2 is 2.11 bits per heavy atom. The molecule has 0 N–H and O–H groups in total. The summed E-state index contributed by atoms with van der Waals surface area (Å²) in [5.41, 5.74) is 2.17. The normalized spacial score (nSPS) is 11.1. The first-order chi connectivity index (χ1) is 8.66. The minimum atomic E-state index is 0.950. The van der Waals surface area contributed by atoms with E-state index in [1.807, 2.05) is 32.3 Å². The van der Waals surface area contributed by atoms with Crippen molar-refractivity contribution in [3.05, 3.63) is 40.2 Å². The molecule has 0 aliphatic carbocycles. The van der Waals surface area contributed by atoms with E-state index in [1.54, 1.807) is 11.3 Å². The van der Waals surface area contributed by atoms with Crippen molar-refractivity contribution >= 4 is 49.2 Å². The molecule has 1 aromatic carbocycles. The number of aryl methyl sites for hydroxylation is 1. The number of hydrogen-bond acceptors (Lipinski definition) is 3. The lowest BCUT2D eigenvalue weighted by Gasteiger charge is -2.15. The highest BCUT2D eigenvalue weighted by atomic mass is 79.9. The largest absolute Gasteiger partial charge is 0.313 e. The molecule has 0 saturated carbocycles. The zero-order valence-electron chi connectivity index (χ0n) is 10.1. The van der Waals surface area contributed by atoms with Gasteiger partial charge < -0.3 is 9.47 Å². The van der Waals surface area contributed by atoms with Gasteiger partial charge in [-0.3, -0.25) is 0 Å². The molecule has 2 heterocycles. The third kappa shape index (κ3) is 1.83. The molecule has 3 nitrogen and oxygen atoms in total. The lowest BCUT2D eigenvalue weighted by Crippen LogP contribution is -2.12. The first kappa shape index (κ1) is 11.7. The van der Waals surface area contributed by atoms with Crippen molar-refractivity contribution in [3.8, 4) is 0 Å². The van der Waals surface area contributed by atoms with Crippen molar-refractivity contribution < 1.29 is 0 Å². The van der Waals surface area contributed by atoms with Crippen LogP contribution in [0, 0.1) is 0 Å². The van der Waals surface area contributed by atoms with E-state index in [9.17, 15) is 0 Å². The molecule has 92 valence electrons. The Morgan fingerprint density at radius 3 is 2.78 bits per heavy atom. The minimum Gasteiger partial charge on any atom is -0.313 e. The lowest BCUT2D eigenvalue weighted by atomic mass is 10.3. The first-order valence-corrected chi connectivity index (χ1v) is 7.23. The lowest BCUT2D eigenvalue weighted by molar-refractivity contribution is 0.913. The average Bonchev–Trinajstić information content (AvgIpc) is 2.94. The second-order valence-corrected chi connectivity index (χ2v) is 5.93. The maximum absolute atomic E-state index is 4.68. The maximum atomic E-state index is 4.68. The van der Waals surface area contributed by atoms with Crippen molar-refractivity contribution in [1.29, 1.82) is 0 Å². The molecule has 0 radical (unpaired) electrons. The fourth-order valence-electron chi connectivity index (χ4n) is 2.01. The van der Waals surface area contributed by atoms with Crippen LogP contribution < -0.4 is 4.90 Å². The van der Waals surface area contributed by atoms with E-state index < -0.39 is 0 Å². The van der Waals surface area contributed by atoms with Gasteiger partial charge in [0.1, 0.15) is 0 Å². The van der Waals surface area contributed by atoms with E-state index >= 15 is 0 Å². The monoisotopic (exact) mass is 321 g/mol. The number of para-hydroxylation sites is 2. The van der Waals surface area contributed by atoms with Crippen LogP contribution in [0.3, 0.4) is 0 Å². The number of halogens is 1. The standard InChI is InChI=1S/C13H12BrN3S/c1-16-11-6-4-3-5-10(11)15-13(16)17(2)12-7-9(14)8-18-12/h3-8H,1-2H3. The van der Waals surface area contributed by atoms with Gasteiger partial charge in [-0.15, -0.1) is 11.3 Å². The molecule has 3 aromatic rings. The number of hydrogen-bond donors (Lipinski definition) is 0. The van der Waals surface area contributed by atoms with Gasteiger partial charge in [-0.05, 0) is 34.1 Å². The van der Waals surface area contributed by atoms with E-state index in [1.165, 1.54) is 5.00 Å². The van der Waals surface area contributed by atoms with Crippen LogP contribution in [0.5, 0.6) is 0 Å². The van der Waals surface area contributed by atoms with Crippen LogP contribution in [-0.4, -0.2) is 16.6 Å². The molecule has 0 atom stereocenters. The summed E-state index contributed by atoms with van der Waals surface area (Å²) in [6.45, 7) is 0. The van der Waals surface area contributed by atoms with Gasteiger partial charge in [0.25, 0.3) is 0 Å². The Balaban J connectivity index is 2.11. The van der Waals surface area contributed by atoms with Crippen molar-refractivity contribution in [2.24, 2.45) is 7.05 Å². The summed E-state index contributed by atoms with van der Waals surface area (Å²) in [6.07, 6.45) is 0. The molecule has 18 heavy (non-hydrogen) atoms. The van der Waals surface area contributed by atoms with Gasteiger partial charge >= 0.3 is 0 Å². The van der Waals surface area contributed by atoms with Gasteiger partial charge in [-0.1, -0.05) is 12.1 Å². The second-order valence-electron chi connectivity index (χ2n) is 4.12. The molecule has 2 aromatic heterocycles. The van der Waals surface area contributed by atoms with Crippen molar-refractivity contribution in [2.75, 3.05) is 11.9 Å². The highest BCUT2D eigenvalue weighted by Gasteiger charge is 2.14. The molecule has 0 bridgehead atoms. The highest BCUT2D eigenvalue weighted by molar-refractivity contribution is 9.10. The Bertz CT molecular complexity index is 701. The molecule has 0 unspecified atom stereocenters. The topological polar surface area (TPSA) is 21.1 Å². The van der Waals surface area contributed by atoms with E-state index in [0.29, 0.717) is 0 Å². The van der Waals surface area contributed by atoms with Crippen molar-refractivity contribution in [1.82, 2.24) is 9.55 Å². The molecule has 0 aliphatic rings. The summed E-state index contributed by atoms with van der Waals surface area (Å²) in [4.78, 5) is 6.78. The number of anilines is 2. The average molecular weight is 322 g/mol. The van der Waals surface area contributed by atoms with Crippen LogP contribution in [0.15, 0.2) is 40.2 Å². The fraction of sp³-hybridized carbons (Fsp3) is 0.154. The van der Waals surface area contributed by atoms with Crippen LogP contribution in [0.25, 0.3) is 11.0 Å². The van der Waals surface area contributed by atoms with Crippen molar-refractivity contribution in [2.45, 2.75) is 0 Å². The van der Waals surface area contributed by atoms with E-state index in [-0.39, 0.29) is 0 Å². The molecule has 0 aliphatic heterocycles. The number of imidazole rings is 1. The van der Waals surface area contributed by atoms with E-state index in [2.05, 4.69) is 47.9 Å². The maximum Gasteiger partial charge on any atom is 0.211 e. The first-order valence-electron chi connectivity index (χ1n) is 5.56. The SMILES string of the molecule is CN(c1cc(Br)cs1)c1nc2ccccc2n1C. The highest BCUT2D eigenvalue weighted by Crippen LogP contribution is 2.32. The van der Waals surface area contributed by atoms with Gasteiger partial charge in [0.2, 0.25) is 5.95 Å². The number of aromatic nitrogens is 2. The smallest absolute Gasteiger partial charge is 0.211 e. The fourth-order valence-corrected chi connectivity index (χ4v) is 3.39. The van der Waals surface area contributed by atoms with Crippen LogP contribution >= 0.6 is 27.3 Å². The Hall–Kier alpha value is -1.33. The molecule has 0 spiro atoms. The zero-order valence-corrected chi connectivity index (χ0v) is 12.5. The zero-order chi connectivity index (χ0) is 12.7. The molecule has 5 heteroatoms. The van der Waals surface area contributed by atoms with Crippen LogP contribution in [0.4, 0.5) is 10.9 Å². The molecule has 0 saturated heterocycles. The predicted molar refractivity (Wildman–Crippen MR) is 80.8 cm³/mol. The van der Waals surface area contributed by atoms with Crippen LogP contribution in [0.1, 0.15) is 0 Å². The summed E-state index contributed by atoms with van der Waals surface area (Å²) in [7, 11) is 4.09. The summed E-state index contributed by atoms with van der Waals surface area (Å²) in [6, 6.07) is 10.3. The second kappa shape index (κ2) is 4.40. The number of benzene rings is 1. The van der Waals surface area contributed by atoms with Gasteiger partial charge in [-0.25, -0.2) is 4.98 Å². The number of rotatable bonds is 2. The Labute approximate surface area is 118 Å². The number of fused-ring (bicyclic) bond motifs is 1. The van der Waals surface area contributed by atoms with Crippen LogP contribution in [0.2, 0.25) is 0 Å². The Kier molecular flexibility index (Phi) is 2.87. The predicted octanol–water partition coefficient (Wildman–Crippen LogP) is 4.17.